The number of amides is 1. The Labute approximate surface area is 180 Å². The van der Waals surface area contributed by atoms with Gasteiger partial charge in [-0.15, -0.1) is 21.5 Å². The molecular weight excluding hydrogens is 458 g/mol. The fourth-order valence-electron chi connectivity index (χ4n) is 2.99. The molecule has 1 N–H and O–H groups in total. The molecule has 1 amide bonds. The van der Waals surface area contributed by atoms with Crippen LogP contribution in [0.15, 0.2) is 54.0 Å². The number of carbonyl (C=O) groups is 1. The molecular formula is C20H12F6N4OS. The molecule has 1 aromatic carbocycles. The minimum atomic E-state index is -5.00. The first kappa shape index (κ1) is 21.8. The van der Waals surface area contributed by atoms with E-state index in [2.05, 4.69) is 15.5 Å². The van der Waals surface area contributed by atoms with Crippen LogP contribution < -0.4 is 5.32 Å². The van der Waals surface area contributed by atoms with E-state index in [0.717, 1.165) is 4.88 Å². The van der Waals surface area contributed by atoms with Crippen LogP contribution in [-0.4, -0.2) is 20.5 Å². The third-order valence-electron chi connectivity index (χ3n) is 4.51. The lowest BCUT2D eigenvalue weighted by molar-refractivity contribution is -0.143. The van der Waals surface area contributed by atoms with Gasteiger partial charge in [-0.05, 0) is 41.8 Å². The molecule has 12 heteroatoms. The minimum Gasteiger partial charge on any atom is -0.347 e. The van der Waals surface area contributed by atoms with Crippen LogP contribution in [0.2, 0.25) is 0 Å². The maximum atomic E-state index is 13.2. The third-order valence-corrected chi connectivity index (χ3v) is 5.39. The van der Waals surface area contributed by atoms with Crippen molar-refractivity contribution in [2.45, 2.75) is 18.9 Å². The summed E-state index contributed by atoms with van der Waals surface area (Å²) in [6.07, 6.45) is -8.73. The van der Waals surface area contributed by atoms with E-state index < -0.39 is 35.0 Å². The summed E-state index contributed by atoms with van der Waals surface area (Å²) in [6, 6.07) is 7.66. The standard InChI is InChI=1S/C20H12F6N4OS/c21-19(22,23)13-6-12(7-14(8-13)20(24,25)26)17-29-28-16-4-3-11(10-30(16)17)18(31)27-9-15-2-1-5-32-15/h1-8,10H,9H2,(H,27,31). The van der Waals surface area contributed by atoms with Gasteiger partial charge >= 0.3 is 12.4 Å². The summed E-state index contributed by atoms with van der Waals surface area (Å²) < 4.78 is 80.4. The number of carbonyl (C=O) groups excluding carboxylic acids is 1. The Morgan fingerprint density at radius 1 is 0.969 bits per heavy atom. The number of thiophene rings is 1. The molecule has 0 unspecified atom stereocenters. The zero-order valence-corrected chi connectivity index (χ0v) is 16.6. The Morgan fingerprint density at radius 3 is 2.25 bits per heavy atom. The molecule has 4 aromatic rings. The summed E-state index contributed by atoms with van der Waals surface area (Å²) in [5, 5.41) is 12.1. The molecule has 0 atom stereocenters. The maximum absolute atomic E-state index is 13.2. The van der Waals surface area contributed by atoms with Crippen molar-refractivity contribution in [3.05, 3.63) is 75.6 Å². The van der Waals surface area contributed by atoms with Crippen LogP contribution in [0.5, 0.6) is 0 Å². The van der Waals surface area contributed by atoms with E-state index in [1.54, 1.807) is 0 Å². The van der Waals surface area contributed by atoms with Crippen molar-refractivity contribution in [2.24, 2.45) is 0 Å². The zero-order valence-electron chi connectivity index (χ0n) is 15.8. The number of nitrogens with one attached hydrogen (secondary N) is 1. The van der Waals surface area contributed by atoms with E-state index in [9.17, 15) is 31.1 Å². The van der Waals surface area contributed by atoms with Crippen molar-refractivity contribution >= 4 is 22.9 Å². The molecule has 4 rings (SSSR count). The van der Waals surface area contributed by atoms with Gasteiger partial charge in [-0.2, -0.15) is 26.3 Å². The number of benzene rings is 1. The molecule has 0 saturated carbocycles. The van der Waals surface area contributed by atoms with Gasteiger partial charge in [0, 0.05) is 16.6 Å². The average Bonchev–Trinajstić information content (AvgIpc) is 3.39. The summed E-state index contributed by atoms with van der Waals surface area (Å²) in [7, 11) is 0. The molecule has 0 aliphatic rings. The number of halogens is 6. The van der Waals surface area contributed by atoms with Crippen LogP contribution in [0.3, 0.4) is 0 Å². The lowest BCUT2D eigenvalue weighted by Gasteiger charge is -2.13. The quantitative estimate of drug-likeness (QED) is 0.405. The number of nitrogens with zero attached hydrogens (tertiary/aromatic N) is 3. The molecule has 0 bridgehead atoms. The van der Waals surface area contributed by atoms with E-state index in [4.69, 9.17) is 0 Å². The van der Waals surface area contributed by atoms with Crippen LogP contribution in [0, 0.1) is 0 Å². The third kappa shape index (κ3) is 4.44. The lowest BCUT2D eigenvalue weighted by atomic mass is 10.0. The average molecular weight is 470 g/mol. The molecule has 0 aliphatic heterocycles. The van der Waals surface area contributed by atoms with Gasteiger partial charge < -0.3 is 5.32 Å². The largest absolute Gasteiger partial charge is 0.416 e. The van der Waals surface area contributed by atoms with Gasteiger partial charge in [-0.25, -0.2) is 0 Å². The number of hydrogen-bond donors (Lipinski definition) is 1. The van der Waals surface area contributed by atoms with Crippen LogP contribution in [0.4, 0.5) is 26.3 Å². The number of alkyl halides is 6. The second-order valence-electron chi connectivity index (χ2n) is 6.73. The first-order valence-electron chi connectivity index (χ1n) is 8.97. The Hall–Kier alpha value is -3.41. The van der Waals surface area contributed by atoms with Gasteiger partial charge in [0.25, 0.3) is 5.91 Å². The number of pyridine rings is 1. The molecule has 0 aliphatic carbocycles. The highest BCUT2D eigenvalue weighted by molar-refractivity contribution is 7.09. The Morgan fingerprint density at radius 2 is 1.66 bits per heavy atom. The van der Waals surface area contributed by atoms with E-state index in [1.165, 1.54) is 34.1 Å². The summed E-state index contributed by atoms with van der Waals surface area (Å²) >= 11 is 1.45. The molecule has 166 valence electrons. The monoisotopic (exact) mass is 470 g/mol. The highest BCUT2D eigenvalue weighted by Gasteiger charge is 2.37. The van der Waals surface area contributed by atoms with Crippen LogP contribution in [0.25, 0.3) is 17.0 Å². The summed E-state index contributed by atoms with van der Waals surface area (Å²) in [6.45, 7) is 0.270. The summed E-state index contributed by atoms with van der Waals surface area (Å²) in [5.41, 5.74) is -3.08. The van der Waals surface area contributed by atoms with E-state index in [1.807, 2.05) is 17.5 Å². The first-order valence-corrected chi connectivity index (χ1v) is 9.85. The van der Waals surface area contributed by atoms with Gasteiger partial charge in [-0.1, -0.05) is 6.07 Å². The van der Waals surface area contributed by atoms with Crippen molar-refractivity contribution in [1.82, 2.24) is 19.9 Å². The van der Waals surface area contributed by atoms with Gasteiger partial charge in [0.15, 0.2) is 11.5 Å². The van der Waals surface area contributed by atoms with Gasteiger partial charge in [-0.3, -0.25) is 9.20 Å². The number of fused-ring (bicyclic) bond motifs is 1. The summed E-state index contributed by atoms with van der Waals surface area (Å²) in [4.78, 5) is 13.4. The normalized spacial score (nSPS) is 12.3. The second kappa shape index (κ2) is 7.93. The molecule has 0 saturated heterocycles. The number of hydrogen-bond acceptors (Lipinski definition) is 4. The topological polar surface area (TPSA) is 59.3 Å². The van der Waals surface area contributed by atoms with E-state index >= 15 is 0 Å². The molecule has 0 spiro atoms. The maximum Gasteiger partial charge on any atom is 0.416 e. The SMILES string of the molecule is O=C(NCc1cccs1)c1ccc2nnc(-c3cc(C(F)(F)F)cc(C(F)(F)F)c3)n2c1. The molecule has 32 heavy (non-hydrogen) atoms. The Balaban J connectivity index is 1.75. The fourth-order valence-corrected chi connectivity index (χ4v) is 3.63. The van der Waals surface area contributed by atoms with Crippen molar-refractivity contribution in [3.63, 3.8) is 0 Å². The smallest absolute Gasteiger partial charge is 0.347 e. The van der Waals surface area contributed by atoms with Crippen LogP contribution in [0.1, 0.15) is 26.4 Å². The van der Waals surface area contributed by atoms with E-state index in [-0.39, 0.29) is 29.6 Å². The predicted octanol–water partition coefficient (Wildman–Crippen LogP) is 5.43. The lowest BCUT2D eigenvalue weighted by Crippen LogP contribution is -2.22. The van der Waals surface area contributed by atoms with Gasteiger partial charge in [0.2, 0.25) is 0 Å². The molecule has 3 heterocycles. The summed E-state index contributed by atoms with van der Waals surface area (Å²) in [5.74, 6) is -0.732. The molecule has 0 radical (unpaired) electrons. The Bertz CT molecular complexity index is 1250. The minimum absolute atomic E-state index is 0.0379. The number of aromatic nitrogens is 3. The van der Waals surface area contributed by atoms with Gasteiger partial charge in [0.1, 0.15) is 0 Å². The molecule has 3 aromatic heterocycles. The van der Waals surface area contributed by atoms with Crippen molar-refractivity contribution < 1.29 is 31.1 Å². The zero-order chi connectivity index (χ0) is 23.1. The van der Waals surface area contributed by atoms with Crippen molar-refractivity contribution in [3.8, 4) is 11.4 Å². The van der Waals surface area contributed by atoms with Crippen LogP contribution >= 0.6 is 11.3 Å². The fraction of sp³-hybridized carbons (Fsp3) is 0.150. The highest BCUT2D eigenvalue weighted by atomic mass is 32.1. The van der Waals surface area contributed by atoms with Gasteiger partial charge in [0.05, 0.1) is 23.2 Å². The number of rotatable bonds is 4. The highest BCUT2D eigenvalue weighted by Crippen LogP contribution is 2.38. The van der Waals surface area contributed by atoms with Crippen molar-refractivity contribution in [1.29, 1.82) is 0 Å². The molecule has 5 nitrogen and oxygen atoms in total. The second-order valence-corrected chi connectivity index (χ2v) is 7.76. The Kier molecular flexibility index (Phi) is 5.41. The first-order chi connectivity index (χ1) is 15.0. The predicted molar refractivity (Wildman–Crippen MR) is 104 cm³/mol. The molecule has 0 fully saturated rings. The van der Waals surface area contributed by atoms with Crippen molar-refractivity contribution in [2.75, 3.05) is 0 Å². The van der Waals surface area contributed by atoms with Crippen LogP contribution in [-0.2, 0) is 18.9 Å². The van der Waals surface area contributed by atoms with E-state index in [0.29, 0.717) is 12.1 Å².